The summed E-state index contributed by atoms with van der Waals surface area (Å²) in [6, 6.07) is 0.465. The number of hydrogen-bond donors (Lipinski definition) is 1. The Kier molecular flexibility index (Phi) is 4.93. The van der Waals surface area contributed by atoms with E-state index in [1.54, 1.807) is 6.92 Å². The molecule has 0 saturated carbocycles. The van der Waals surface area contributed by atoms with Crippen LogP contribution in [-0.4, -0.2) is 54.8 Å². The van der Waals surface area contributed by atoms with Crippen LogP contribution in [0.1, 0.15) is 26.2 Å². The summed E-state index contributed by atoms with van der Waals surface area (Å²) in [5.74, 6) is -0.404. The van der Waals surface area contributed by atoms with Crippen molar-refractivity contribution in [2.75, 3.05) is 27.2 Å². The number of hydrogen-bond acceptors (Lipinski definition) is 3. The van der Waals surface area contributed by atoms with Crippen LogP contribution in [0.4, 0.5) is 0 Å². The topological polar surface area (TPSA) is 66.6 Å². The lowest BCUT2D eigenvalue weighted by Crippen LogP contribution is -2.34. The van der Waals surface area contributed by atoms with Crippen molar-refractivity contribution in [3.63, 3.8) is 0 Å². The van der Waals surface area contributed by atoms with Crippen LogP contribution < -0.4 is 5.73 Å². The van der Waals surface area contributed by atoms with E-state index in [0.717, 1.165) is 19.5 Å². The van der Waals surface area contributed by atoms with Gasteiger partial charge < -0.3 is 15.5 Å². The molecule has 17 heavy (non-hydrogen) atoms. The third-order valence-corrected chi connectivity index (χ3v) is 3.52. The maximum atomic E-state index is 11.9. The number of likely N-dealkylation sites (N-methyl/N-ethyl adjacent to an activating group) is 1. The number of rotatable bonds is 5. The molecule has 0 unspecified atom stereocenters. The van der Waals surface area contributed by atoms with Gasteiger partial charge >= 0.3 is 0 Å². The molecule has 5 heteroatoms. The molecular formula is C12H23N3O2. The fraction of sp³-hybridized carbons (Fsp3) is 0.833. The summed E-state index contributed by atoms with van der Waals surface area (Å²) in [5.41, 5.74) is 5.17. The standard InChI is InChI=1S/C12H23N3O2/c1-9(12(13)17)4-5-11(16)15-7-6-10(8-15)14(2)3/h9-10H,4-8H2,1-3H3,(H2,13,17)/t9-,10-/m0/s1. The van der Waals surface area contributed by atoms with Crippen LogP contribution in [0.3, 0.4) is 0 Å². The number of nitrogens with zero attached hydrogens (tertiary/aromatic N) is 2. The lowest BCUT2D eigenvalue weighted by atomic mass is 10.0. The van der Waals surface area contributed by atoms with Gasteiger partial charge in [0.15, 0.2) is 0 Å². The molecule has 0 aliphatic carbocycles. The van der Waals surface area contributed by atoms with Crippen LogP contribution in [0, 0.1) is 5.92 Å². The van der Waals surface area contributed by atoms with Gasteiger partial charge in [-0.1, -0.05) is 6.92 Å². The molecule has 2 amide bonds. The third kappa shape index (κ3) is 4.00. The summed E-state index contributed by atoms with van der Waals surface area (Å²) in [7, 11) is 4.07. The molecule has 1 fully saturated rings. The Morgan fingerprint density at radius 1 is 1.47 bits per heavy atom. The second kappa shape index (κ2) is 6.00. The zero-order chi connectivity index (χ0) is 13.0. The first kappa shape index (κ1) is 14.0. The Hall–Kier alpha value is -1.10. The minimum Gasteiger partial charge on any atom is -0.369 e. The molecule has 0 radical (unpaired) electrons. The zero-order valence-corrected chi connectivity index (χ0v) is 11.0. The first-order valence-electron chi connectivity index (χ1n) is 6.15. The molecule has 0 aromatic carbocycles. The van der Waals surface area contributed by atoms with E-state index in [4.69, 9.17) is 5.73 Å². The van der Waals surface area contributed by atoms with Crippen molar-refractivity contribution < 1.29 is 9.59 Å². The lowest BCUT2D eigenvalue weighted by molar-refractivity contribution is -0.130. The Labute approximate surface area is 103 Å². The van der Waals surface area contributed by atoms with E-state index in [9.17, 15) is 9.59 Å². The fourth-order valence-electron chi connectivity index (χ4n) is 2.03. The van der Waals surface area contributed by atoms with Crippen LogP contribution in [0.15, 0.2) is 0 Å². The van der Waals surface area contributed by atoms with E-state index in [2.05, 4.69) is 4.90 Å². The summed E-state index contributed by atoms with van der Waals surface area (Å²) in [6.07, 6.45) is 2.01. The molecular weight excluding hydrogens is 218 g/mol. The van der Waals surface area contributed by atoms with Crippen LogP contribution in [0.2, 0.25) is 0 Å². The van der Waals surface area contributed by atoms with Crippen LogP contribution in [-0.2, 0) is 9.59 Å². The van der Waals surface area contributed by atoms with Crippen molar-refractivity contribution in [1.29, 1.82) is 0 Å². The summed E-state index contributed by atoms with van der Waals surface area (Å²) < 4.78 is 0. The number of nitrogens with two attached hydrogens (primary N) is 1. The number of primary amides is 1. The summed E-state index contributed by atoms with van der Waals surface area (Å²) in [4.78, 5) is 26.8. The summed E-state index contributed by atoms with van der Waals surface area (Å²) in [6.45, 7) is 3.39. The van der Waals surface area contributed by atoms with Crippen molar-refractivity contribution in [2.24, 2.45) is 11.7 Å². The molecule has 1 heterocycles. The molecule has 0 bridgehead atoms. The highest BCUT2D eigenvalue weighted by Gasteiger charge is 2.27. The molecule has 98 valence electrons. The molecule has 0 spiro atoms. The summed E-state index contributed by atoms with van der Waals surface area (Å²) >= 11 is 0. The smallest absolute Gasteiger partial charge is 0.222 e. The van der Waals surface area contributed by atoms with E-state index >= 15 is 0 Å². The quantitative estimate of drug-likeness (QED) is 0.739. The van der Waals surface area contributed by atoms with E-state index in [1.165, 1.54) is 0 Å². The van der Waals surface area contributed by atoms with Crippen LogP contribution in [0.25, 0.3) is 0 Å². The minimum absolute atomic E-state index is 0.141. The monoisotopic (exact) mass is 241 g/mol. The average Bonchev–Trinajstić information content (AvgIpc) is 2.74. The number of carbonyl (C=O) groups is 2. The van der Waals surface area contributed by atoms with Gasteiger partial charge in [-0.05, 0) is 26.9 Å². The average molecular weight is 241 g/mol. The van der Waals surface area contributed by atoms with Crippen molar-refractivity contribution in [3.8, 4) is 0 Å². The molecule has 2 N–H and O–H groups in total. The van der Waals surface area contributed by atoms with E-state index in [1.807, 2.05) is 19.0 Å². The number of likely N-dealkylation sites (tertiary alicyclic amines) is 1. The predicted octanol–water partition coefficient (Wildman–Crippen LogP) is 0.0505. The highest BCUT2D eigenvalue weighted by atomic mass is 16.2. The molecule has 5 nitrogen and oxygen atoms in total. The van der Waals surface area contributed by atoms with Gasteiger partial charge in [-0.2, -0.15) is 0 Å². The number of amides is 2. The Morgan fingerprint density at radius 3 is 2.59 bits per heavy atom. The maximum absolute atomic E-state index is 11.9. The van der Waals surface area contributed by atoms with E-state index in [-0.39, 0.29) is 17.7 Å². The van der Waals surface area contributed by atoms with Gasteiger partial charge in [0.25, 0.3) is 0 Å². The van der Waals surface area contributed by atoms with Gasteiger partial charge in [0, 0.05) is 31.5 Å². The molecule has 2 atom stereocenters. The molecule has 0 aromatic heterocycles. The first-order chi connectivity index (χ1) is 7.91. The summed E-state index contributed by atoms with van der Waals surface area (Å²) in [5, 5.41) is 0. The van der Waals surface area contributed by atoms with Gasteiger partial charge in [0.05, 0.1) is 0 Å². The van der Waals surface area contributed by atoms with Crippen molar-refractivity contribution in [3.05, 3.63) is 0 Å². The van der Waals surface area contributed by atoms with E-state index in [0.29, 0.717) is 18.9 Å². The molecule has 1 aliphatic rings. The lowest BCUT2D eigenvalue weighted by Gasteiger charge is -2.20. The third-order valence-electron chi connectivity index (χ3n) is 3.52. The van der Waals surface area contributed by atoms with E-state index < -0.39 is 0 Å². The van der Waals surface area contributed by atoms with Gasteiger partial charge in [-0.25, -0.2) is 0 Å². The van der Waals surface area contributed by atoms with Gasteiger partial charge in [0.1, 0.15) is 0 Å². The Balaban J connectivity index is 2.32. The Bertz CT molecular complexity index is 291. The SMILES string of the molecule is C[C@@H](CCC(=O)N1CC[C@H](N(C)C)C1)C(N)=O. The number of carbonyl (C=O) groups excluding carboxylic acids is 2. The molecule has 1 aliphatic heterocycles. The van der Waals surface area contributed by atoms with Crippen LogP contribution >= 0.6 is 0 Å². The predicted molar refractivity (Wildman–Crippen MR) is 66.3 cm³/mol. The maximum Gasteiger partial charge on any atom is 0.222 e. The molecule has 0 aromatic rings. The second-order valence-electron chi connectivity index (χ2n) is 5.09. The van der Waals surface area contributed by atoms with Gasteiger partial charge in [-0.15, -0.1) is 0 Å². The highest BCUT2D eigenvalue weighted by Crippen LogP contribution is 2.15. The van der Waals surface area contributed by atoms with Crippen molar-refractivity contribution in [2.45, 2.75) is 32.2 Å². The Morgan fingerprint density at radius 2 is 2.12 bits per heavy atom. The molecule has 1 rings (SSSR count). The molecule has 1 saturated heterocycles. The van der Waals surface area contributed by atoms with Crippen LogP contribution in [0.5, 0.6) is 0 Å². The highest BCUT2D eigenvalue weighted by molar-refractivity contribution is 5.79. The largest absolute Gasteiger partial charge is 0.369 e. The minimum atomic E-state index is -0.328. The van der Waals surface area contributed by atoms with Gasteiger partial charge in [-0.3, -0.25) is 9.59 Å². The fourth-order valence-corrected chi connectivity index (χ4v) is 2.03. The first-order valence-corrected chi connectivity index (χ1v) is 6.15. The zero-order valence-electron chi connectivity index (χ0n) is 11.0. The van der Waals surface area contributed by atoms with Crippen molar-refractivity contribution in [1.82, 2.24) is 9.80 Å². The van der Waals surface area contributed by atoms with Gasteiger partial charge in [0.2, 0.25) is 11.8 Å². The second-order valence-corrected chi connectivity index (χ2v) is 5.09. The van der Waals surface area contributed by atoms with Crippen molar-refractivity contribution >= 4 is 11.8 Å². The normalized spacial score (nSPS) is 21.9.